The summed E-state index contributed by atoms with van der Waals surface area (Å²) in [7, 11) is -1.19. The predicted octanol–water partition coefficient (Wildman–Crippen LogP) is 2.47. The Balaban J connectivity index is 1.86. The molecule has 0 heterocycles. The molecule has 2 aromatic rings. The lowest BCUT2D eigenvalue weighted by Crippen LogP contribution is -2.09. The van der Waals surface area contributed by atoms with Crippen molar-refractivity contribution in [2.45, 2.75) is 11.4 Å². The molecule has 0 fully saturated rings. The Morgan fingerprint density at radius 2 is 1.90 bits per heavy atom. The fourth-order valence-corrected chi connectivity index (χ4v) is 2.61. The zero-order valence-electron chi connectivity index (χ0n) is 10.9. The summed E-state index contributed by atoms with van der Waals surface area (Å²) in [6.07, 6.45) is 0. The molecule has 1 unspecified atom stereocenters. The molecule has 2 N–H and O–H groups in total. The first-order chi connectivity index (χ1) is 9.69. The van der Waals surface area contributed by atoms with Crippen molar-refractivity contribution in [3.8, 4) is 5.75 Å². The lowest BCUT2D eigenvalue weighted by Gasteiger charge is -2.07. The Hall–Kier alpha value is -1.72. The van der Waals surface area contributed by atoms with Crippen LogP contribution < -0.4 is 10.5 Å². The maximum atomic E-state index is 12.8. The van der Waals surface area contributed by atoms with Crippen LogP contribution in [0.3, 0.4) is 0 Å². The van der Waals surface area contributed by atoms with Crippen molar-refractivity contribution in [2.75, 3.05) is 12.4 Å². The molecule has 0 aliphatic rings. The van der Waals surface area contributed by atoms with Crippen LogP contribution in [0.4, 0.5) is 4.39 Å². The number of ether oxygens (including phenoxy) is 1. The molecule has 2 rings (SSSR count). The van der Waals surface area contributed by atoms with Gasteiger partial charge >= 0.3 is 0 Å². The molecule has 0 saturated carbocycles. The quantitative estimate of drug-likeness (QED) is 0.890. The fraction of sp³-hybridized carbons (Fsp3) is 0.200. The van der Waals surface area contributed by atoms with Crippen molar-refractivity contribution in [3.63, 3.8) is 0 Å². The van der Waals surface area contributed by atoms with Crippen LogP contribution in [0.2, 0.25) is 0 Å². The van der Waals surface area contributed by atoms with Gasteiger partial charge in [0.25, 0.3) is 0 Å². The van der Waals surface area contributed by atoms with Gasteiger partial charge in [-0.25, -0.2) is 4.39 Å². The van der Waals surface area contributed by atoms with Gasteiger partial charge < -0.3 is 10.5 Å². The molecule has 106 valence electrons. The van der Waals surface area contributed by atoms with E-state index in [0.717, 1.165) is 5.56 Å². The monoisotopic (exact) mass is 293 g/mol. The van der Waals surface area contributed by atoms with Gasteiger partial charge in [0, 0.05) is 11.4 Å². The van der Waals surface area contributed by atoms with E-state index in [1.807, 2.05) is 24.3 Å². The molecule has 0 aliphatic heterocycles. The Labute approximate surface area is 120 Å². The number of benzene rings is 2. The summed E-state index contributed by atoms with van der Waals surface area (Å²) in [6, 6.07) is 13.2. The molecule has 0 aromatic heterocycles. The minimum atomic E-state index is -1.19. The first-order valence-corrected chi connectivity index (χ1v) is 7.56. The lowest BCUT2D eigenvalue weighted by molar-refractivity contribution is 0.342. The number of rotatable bonds is 6. The normalized spacial score (nSPS) is 12.1. The predicted molar refractivity (Wildman–Crippen MR) is 77.5 cm³/mol. The Bertz CT molecular complexity index is 587. The maximum Gasteiger partial charge on any atom is 0.123 e. The van der Waals surface area contributed by atoms with Crippen LogP contribution >= 0.6 is 0 Å². The molecular weight excluding hydrogens is 277 g/mol. The van der Waals surface area contributed by atoms with Gasteiger partial charge in [-0.3, -0.25) is 4.21 Å². The van der Waals surface area contributed by atoms with Gasteiger partial charge in [0.05, 0.1) is 16.6 Å². The molecule has 1 atom stereocenters. The van der Waals surface area contributed by atoms with E-state index in [1.54, 1.807) is 0 Å². The highest BCUT2D eigenvalue weighted by molar-refractivity contribution is 7.85. The number of nitrogens with two attached hydrogens (primary N) is 1. The molecule has 0 saturated heterocycles. The average molecular weight is 293 g/mol. The van der Waals surface area contributed by atoms with E-state index in [2.05, 4.69) is 0 Å². The summed E-state index contributed by atoms with van der Waals surface area (Å²) in [5.41, 5.74) is 6.54. The smallest absolute Gasteiger partial charge is 0.123 e. The summed E-state index contributed by atoms with van der Waals surface area (Å²) in [6.45, 7) is 0.788. The van der Waals surface area contributed by atoms with Crippen LogP contribution in [0.5, 0.6) is 5.75 Å². The van der Waals surface area contributed by atoms with Crippen molar-refractivity contribution < 1.29 is 13.3 Å². The average Bonchev–Trinajstić information content (AvgIpc) is 2.48. The van der Waals surface area contributed by atoms with Gasteiger partial charge in [0.2, 0.25) is 0 Å². The van der Waals surface area contributed by atoms with Crippen molar-refractivity contribution in [3.05, 3.63) is 59.9 Å². The second-order valence-corrected chi connectivity index (χ2v) is 5.77. The lowest BCUT2D eigenvalue weighted by atomic mass is 10.2. The summed E-state index contributed by atoms with van der Waals surface area (Å²) < 4.78 is 30.3. The van der Waals surface area contributed by atoms with Gasteiger partial charge in [-0.05, 0) is 42.0 Å². The van der Waals surface area contributed by atoms with Gasteiger partial charge in [-0.1, -0.05) is 12.1 Å². The van der Waals surface area contributed by atoms with E-state index >= 15 is 0 Å². The molecule has 20 heavy (non-hydrogen) atoms. The molecule has 5 heteroatoms. The Morgan fingerprint density at radius 1 is 1.15 bits per heavy atom. The summed E-state index contributed by atoms with van der Waals surface area (Å²) in [5, 5.41) is 0. The molecule has 0 spiro atoms. The molecule has 0 bridgehead atoms. The van der Waals surface area contributed by atoms with Gasteiger partial charge in [-0.15, -0.1) is 0 Å². The molecule has 0 aliphatic carbocycles. The first kappa shape index (κ1) is 14.7. The second kappa shape index (κ2) is 7.17. The highest BCUT2D eigenvalue weighted by atomic mass is 32.2. The van der Waals surface area contributed by atoms with Crippen molar-refractivity contribution >= 4 is 10.8 Å². The van der Waals surface area contributed by atoms with E-state index in [9.17, 15) is 8.60 Å². The van der Waals surface area contributed by atoms with E-state index in [4.69, 9.17) is 10.5 Å². The second-order valence-electron chi connectivity index (χ2n) is 4.20. The van der Waals surface area contributed by atoms with E-state index < -0.39 is 10.8 Å². The zero-order valence-corrected chi connectivity index (χ0v) is 11.7. The highest BCUT2D eigenvalue weighted by Crippen LogP contribution is 2.13. The third-order valence-corrected chi connectivity index (χ3v) is 4.08. The zero-order chi connectivity index (χ0) is 14.4. The largest absolute Gasteiger partial charge is 0.493 e. The summed E-state index contributed by atoms with van der Waals surface area (Å²) in [5.74, 6) is 0.739. The van der Waals surface area contributed by atoms with Crippen LogP contribution in [-0.4, -0.2) is 16.6 Å². The van der Waals surface area contributed by atoms with Gasteiger partial charge in [0.1, 0.15) is 18.2 Å². The minimum absolute atomic E-state index is 0.331. The number of hydrogen-bond donors (Lipinski definition) is 1. The molecule has 3 nitrogen and oxygen atoms in total. The van der Waals surface area contributed by atoms with Crippen molar-refractivity contribution in [1.29, 1.82) is 0 Å². The third-order valence-electron chi connectivity index (χ3n) is 2.75. The van der Waals surface area contributed by atoms with E-state index in [0.29, 0.717) is 29.5 Å². The van der Waals surface area contributed by atoms with Crippen molar-refractivity contribution in [1.82, 2.24) is 0 Å². The van der Waals surface area contributed by atoms with Crippen LogP contribution in [0.15, 0.2) is 53.4 Å². The maximum absolute atomic E-state index is 12.8. The van der Waals surface area contributed by atoms with Gasteiger partial charge in [0.15, 0.2) is 0 Å². The minimum Gasteiger partial charge on any atom is -0.493 e. The van der Waals surface area contributed by atoms with Crippen LogP contribution in [0.1, 0.15) is 5.56 Å². The summed E-state index contributed by atoms with van der Waals surface area (Å²) >= 11 is 0. The first-order valence-electron chi connectivity index (χ1n) is 6.25. The van der Waals surface area contributed by atoms with Crippen LogP contribution in [0, 0.1) is 5.82 Å². The fourth-order valence-electron chi connectivity index (χ4n) is 1.70. The molecular formula is C15H16FNO2S. The third kappa shape index (κ3) is 4.15. The van der Waals surface area contributed by atoms with Gasteiger partial charge in [-0.2, -0.15) is 0 Å². The standard InChI is InChI=1S/C15H16FNO2S/c16-13-4-6-15(7-5-13)20(18)9-8-19-14-3-1-2-12(10-14)11-17/h1-7,10H,8-9,11,17H2. The van der Waals surface area contributed by atoms with Crippen LogP contribution in [0.25, 0.3) is 0 Å². The topological polar surface area (TPSA) is 52.3 Å². The molecule has 2 aromatic carbocycles. The number of hydrogen-bond acceptors (Lipinski definition) is 3. The number of halogens is 1. The SMILES string of the molecule is NCc1cccc(OCCS(=O)c2ccc(F)cc2)c1. The summed E-state index contributed by atoms with van der Waals surface area (Å²) in [4.78, 5) is 0.603. The Morgan fingerprint density at radius 3 is 2.60 bits per heavy atom. The Kier molecular flexibility index (Phi) is 5.26. The van der Waals surface area contributed by atoms with E-state index in [-0.39, 0.29) is 5.82 Å². The molecule has 0 amide bonds. The van der Waals surface area contributed by atoms with Crippen molar-refractivity contribution in [2.24, 2.45) is 5.73 Å². The highest BCUT2D eigenvalue weighted by Gasteiger charge is 2.04. The molecule has 0 radical (unpaired) electrons. The van der Waals surface area contributed by atoms with Crippen LogP contribution in [-0.2, 0) is 17.3 Å². The van der Waals surface area contributed by atoms with E-state index in [1.165, 1.54) is 24.3 Å².